The minimum absolute atomic E-state index is 0.222. The Labute approximate surface area is 233 Å². The number of benzene rings is 1. The first-order valence-electron chi connectivity index (χ1n) is 14.9. The number of nitrogens with zero attached hydrogens (tertiary/aromatic N) is 3. The van der Waals surface area contributed by atoms with Gasteiger partial charge in [0.05, 0.1) is 12.2 Å². The van der Waals surface area contributed by atoms with Gasteiger partial charge in [0, 0.05) is 18.0 Å². The van der Waals surface area contributed by atoms with Crippen molar-refractivity contribution in [1.29, 1.82) is 5.26 Å². The summed E-state index contributed by atoms with van der Waals surface area (Å²) < 4.78 is 25.3. The highest BCUT2D eigenvalue weighted by atomic mass is 19.1. The van der Waals surface area contributed by atoms with Gasteiger partial charge in [-0.05, 0) is 74.6 Å². The Balaban J connectivity index is 1.44. The second-order valence-electron chi connectivity index (χ2n) is 10.8. The number of halogens is 1. The van der Waals surface area contributed by atoms with E-state index in [1.165, 1.54) is 32.1 Å². The number of aromatic nitrogens is 2. The van der Waals surface area contributed by atoms with E-state index in [1.54, 1.807) is 6.07 Å². The van der Waals surface area contributed by atoms with Crippen LogP contribution >= 0.6 is 0 Å². The molecule has 0 N–H and O–H groups in total. The number of unbranched alkanes of at least 4 members (excludes halogenated alkanes) is 6. The second kappa shape index (κ2) is 16.8. The Morgan fingerprint density at radius 1 is 1.03 bits per heavy atom. The second-order valence-corrected chi connectivity index (χ2v) is 10.8. The summed E-state index contributed by atoms with van der Waals surface area (Å²) >= 11 is 0. The third-order valence-corrected chi connectivity index (χ3v) is 7.50. The standard InChI is InChI=1S/C32H44FN3O3/c1-3-5-7-8-9-10-11-25-21-35-31(36-22-25)26-15-18-30(27(19-26)20-34)38-23-24-13-16-28(17-14-24)39-32(37)29(33)12-6-4-2/h15,18-19,21-22,24,28-29H,3-14,16-17,23H2,1-2H3/t24?,28?,29-/m0/s1. The Morgan fingerprint density at radius 3 is 2.41 bits per heavy atom. The average molecular weight is 538 g/mol. The molecule has 1 aromatic carbocycles. The van der Waals surface area contributed by atoms with Crippen molar-refractivity contribution in [1.82, 2.24) is 9.97 Å². The fourth-order valence-corrected chi connectivity index (χ4v) is 4.99. The molecule has 39 heavy (non-hydrogen) atoms. The van der Waals surface area contributed by atoms with Gasteiger partial charge in [-0.2, -0.15) is 5.26 Å². The summed E-state index contributed by atoms with van der Waals surface area (Å²) in [6, 6.07) is 7.71. The van der Waals surface area contributed by atoms with E-state index in [-0.39, 0.29) is 12.5 Å². The summed E-state index contributed by atoms with van der Waals surface area (Å²) in [6.07, 6.45) is 15.4. The van der Waals surface area contributed by atoms with E-state index >= 15 is 0 Å². The molecule has 0 aliphatic heterocycles. The molecule has 7 heteroatoms. The quantitative estimate of drug-likeness (QED) is 0.160. The van der Waals surface area contributed by atoms with E-state index < -0.39 is 12.1 Å². The van der Waals surface area contributed by atoms with Gasteiger partial charge in [-0.15, -0.1) is 0 Å². The summed E-state index contributed by atoms with van der Waals surface area (Å²) in [4.78, 5) is 21.0. The molecule has 6 nitrogen and oxygen atoms in total. The smallest absolute Gasteiger partial charge is 0.340 e. The van der Waals surface area contributed by atoms with Crippen molar-refractivity contribution in [2.75, 3.05) is 6.61 Å². The van der Waals surface area contributed by atoms with Crippen molar-refractivity contribution in [3.05, 3.63) is 41.7 Å². The number of carbonyl (C=O) groups excluding carboxylic acids is 1. The number of carbonyl (C=O) groups is 1. The van der Waals surface area contributed by atoms with Gasteiger partial charge in [0.1, 0.15) is 17.9 Å². The van der Waals surface area contributed by atoms with E-state index in [9.17, 15) is 14.4 Å². The highest BCUT2D eigenvalue weighted by Crippen LogP contribution is 2.30. The van der Waals surface area contributed by atoms with E-state index in [2.05, 4.69) is 23.0 Å². The van der Waals surface area contributed by atoms with Crippen molar-refractivity contribution in [2.24, 2.45) is 5.92 Å². The minimum Gasteiger partial charge on any atom is -0.492 e. The lowest BCUT2D eigenvalue weighted by molar-refractivity contribution is -0.157. The van der Waals surface area contributed by atoms with Crippen LogP contribution in [-0.2, 0) is 16.0 Å². The van der Waals surface area contributed by atoms with Gasteiger partial charge in [0.2, 0.25) is 0 Å². The zero-order chi connectivity index (χ0) is 27.9. The Hall–Kier alpha value is -3.01. The molecule has 1 saturated carbocycles. The predicted octanol–water partition coefficient (Wildman–Crippen LogP) is 7.93. The highest BCUT2D eigenvalue weighted by molar-refractivity contribution is 5.74. The topological polar surface area (TPSA) is 85.1 Å². The SMILES string of the molecule is CCCCCCCCc1cnc(-c2ccc(OCC3CCC(OC(=O)[C@@H](F)CCCC)CC3)c(C#N)c2)nc1. The van der Waals surface area contributed by atoms with Crippen molar-refractivity contribution in [3.63, 3.8) is 0 Å². The molecule has 2 aromatic rings. The van der Waals surface area contributed by atoms with Crippen molar-refractivity contribution in [3.8, 4) is 23.2 Å². The summed E-state index contributed by atoms with van der Waals surface area (Å²) in [5, 5.41) is 9.71. The molecule has 0 bridgehead atoms. The molecule has 0 unspecified atom stereocenters. The molecule has 1 aliphatic rings. The predicted molar refractivity (Wildman–Crippen MR) is 151 cm³/mol. The van der Waals surface area contributed by atoms with Gasteiger partial charge < -0.3 is 9.47 Å². The molecule has 0 saturated heterocycles. The number of esters is 1. The molecule has 1 atom stereocenters. The van der Waals surface area contributed by atoms with Crippen LogP contribution in [0.4, 0.5) is 4.39 Å². The van der Waals surface area contributed by atoms with Crippen molar-refractivity contribution >= 4 is 5.97 Å². The number of alkyl halides is 1. The summed E-state index contributed by atoms with van der Waals surface area (Å²) in [5.41, 5.74) is 2.38. The normalized spacial score (nSPS) is 17.8. The van der Waals surface area contributed by atoms with E-state index in [0.717, 1.165) is 43.2 Å². The summed E-state index contributed by atoms with van der Waals surface area (Å²) in [5.74, 6) is 0.724. The lowest BCUT2D eigenvalue weighted by Gasteiger charge is -2.28. The lowest BCUT2D eigenvalue weighted by atomic mass is 9.88. The summed E-state index contributed by atoms with van der Waals surface area (Å²) in [6.45, 7) is 4.69. The minimum atomic E-state index is -1.52. The monoisotopic (exact) mass is 537 g/mol. The third-order valence-electron chi connectivity index (χ3n) is 7.50. The number of rotatable bonds is 16. The summed E-state index contributed by atoms with van der Waals surface area (Å²) in [7, 11) is 0. The molecule has 0 spiro atoms. The lowest BCUT2D eigenvalue weighted by Crippen LogP contribution is -2.30. The first-order valence-corrected chi connectivity index (χ1v) is 14.9. The number of hydrogen-bond donors (Lipinski definition) is 0. The van der Waals surface area contributed by atoms with Gasteiger partial charge in [0.25, 0.3) is 0 Å². The van der Waals surface area contributed by atoms with Gasteiger partial charge >= 0.3 is 5.97 Å². The molecule has 3 rings (SSSR count). The zero-order valence-electron chi connectivity index (χ0n) is 23.7. The molecule has 212 valence electrons. The fraction of sp³-hybridized carbons (Fsp3) is 0.625. The molecular weight excluding hydrogens is 493 g/mol. The maximum atomic E-state index is 13.9. The zero-order valence-corrected chi connectivity index (χ0v) is 23.7. The van der Waals surface area contributed by atoms with Gasteiger partial charge in [-0.25, -0.2) is 19.2 Å². The first kappa shape index (κ1) is 30.5. The Morgan fingerprint density at radius 2 is 1.72 bits per heavy atom. The molecule has 0 radical (unpaired) electrons. The molecule has 1 aromatic heterocycles. The first-order chi connectivity index (χ1) is 19.0. The van der Waals surface area contributed by atoms with E-state index in [0.29, 0.717) is 48.9 Å². The van der Waals surface area contributed by atoms with Gasteiger partial charge in [-0.1, -0.05) is 58.8 Å². The largest absolute Gasteiger partial charge is 0.492 e. The van der Waals surface area contributed by atoms with Crippen LogP contribution in [0.25, 0.3) is 11.4 Å². The van der Waals surface area contributed by atoms with E-state index in [4.69, 9.17) is 9.47 Å². The molecule has 1 fully saturated rings. The maximum Gasteiger partial charge on any atom is 0.340 e. The van der Waals surface area contributed by atoms with Crippen LogP contribution in [0.2, 0.25) is 0 Å². The highest BCUT2D eigenvalue weighted by Gasteiger charge is 2.27. The average Bonchev–Trinajstić information content (AvgIpc) is 2.97. The number of nitriles is 1. The molecule has 1 heterocycles. The number of hydrogen-bond acceptors (Lipinski definition) is 6. The molecule has 1 aliphatic carbocycles. The van der Waals surface area contributed by atoms with Gasteiger partial charge in [-0.3, -0.25) is 0 Å². The maximum absolute atomic E-state index is 13.9. The molecular formula is C32H44FN3O3. The van der Waals surface area contributed by atoms with Crippen molar-refractivity contribution < 1.29 is 18.7 Å². The Kier molecular flexibility index (Phi) is 13.2. The van der Waals surface area contributed by atoms with Crippen LogP contribution < -0.4 is 4.74 Å². The number of aryl methyl sites for hydroxylation is 1. The Bertz CT molecular complexity index is 1050. The van der Waals surface area contributed by atoms with Crippen LogP contribution in [0.1, 0.15) is 108 Å². The van der Waals surface area contributed by atoms with Crippen LogP contribution in [0.3, 0.4) is 0 Å². The van der Waals surface area contributed by atoms with E-state index in [1.807, 2.05) is 31.5 Å². The van der Waals surface area contributed by atoms with Crippen LogP contribution in [0, 0.1) is 17.2 Å². The van der Waals surface area contributed by atoms with Crippen LogP contribution in [0.15, 0.2) is 30.6 Å². The van der Waals surface area contributed by atoms with Crippen LogP contribution in [-0.4, -0.2) is 34.8 Å². The number of ether oxygens (including phenoxy) is 2. The fourth-order valence-electron chi connectivity index (χ4n) is 4.99. The third kappa shape index (κ3) is 10.2. The van der Waals surface area contributed by atoms with Gasteiger partial charge in [0.15, 0.2) is 12.0 Å². The van der Waals surface area contributed by atoms with Crippen LogP contribution in [0.5, 0.6) is 5.75 Å². The molecule has 0 amide bonds. The van der Waals surface area contributed by atoms with Crippen molar-refractivity contribution in [2.45, 2.75) is 116 Å².